The number of imide groups is 1. The number of rotatable bonds is 2. The summed E-state index contributed by atoms with van der Waals surface area (Å²) in [7, 11) is 0. The first-order chi connectivity index (χ1) is 15.6. The van der Waals surface area contributed by atoms with E-state index in [1.165, 1.54) is 12.1 Å². The quantitative estimate of drug-likeness (QED) is 0.178. The zero-order valence-electron chi connectivity index (χ0n) is 16.4. The molecule has 2 amide bonds. The number of nitro benzene ring substituents is 1. The van der Waals surface area contributed by atoms with Gasteiger partial charge in [-0.15, -0.1) is 0 Å². The Balaban J connectivity index is 1.67. The summed E-state index contributed by atoms with van der Waals surface area (Å²) in [6.45, 7) is 0. The van der Waals surface area contributed by atoms with Crippen molar-refractivity contribution in [2.45, 2.75) is 0 Å². The third kappa shape index (κ3) is 2.31. The third-order valence-electron chi connectivity index (χ3n) is 5.76. The van der Waals surface area contributed by atoms with Crippen LogP contribution in [0.1, 0.15) is 20.7 Å². The van der Waals surface area contributed by atoms with Crippen molar-refractivity contribution in [2.24, 2.45) is 0 Å². The predicted octanol–water partition coefficient (Wildman–Crippen LogP) is 4.65. The van der Waals surface area contributed by atoms with Gasteiger partial charge in [-0.1, -0.05) is 12.1 Å². The minimum absolute atomic E-state index is 0.147. The number of nitro groups is 1. The highest BCUT2D eigenvalue weighted by Gasteiger charge is 2.36. The number of anilines is 1. The number of nitrogens with zero attached hydrogens (tertiary/aromatic N) is 4. The molecule has 0 bridgehead atoms. The zero-order chi connectivity index (χ0) is 22.0. The predicted molar refractivity (Wildman–Crippen MR) is 119 cm³/mol. The van der Waals surface area contributed by atoms with Crippen LogP contribution < -0.4 is 4.90 Å². The number of carbonyl (C=O) groups excluding carboxylic acids is 2. The van der Waals surface area contributed by atoms with Gasteiger partial charge in [-0.3, -0.25) is 29.7 Å². The smallest absolute Gasteiger partial charge is 0.268 e. The molecule has 0 saturated heterocycles. The summed E-state index contributed by atoms with van der Waals surface area (Å²) in [5.74, 6) is -1.08. The molecule has 0 N–H and O–H groups in total. The molecule has 0 aliphatic carbocycles. The minimum atomic E-state index is -0.540. The van der Waals surface area contributed by atoms with Crippen molar-refractivity contribution >= 4 is 55.8 Å². The first kappa shape index (κ1) is 18.1. The molecule has 0 unspecified atom stereocenters. The molecule has 8 nitrogen and oxygen atoms in total. The van der Waals surface area contributed by atoms with Gasteiger partial charge >= 0.3 is 0 Å². The maximum atomic E-state index is 13.6. The lowest BCUT2D eigenvalue weighted by atomic mass is 9.92. The summed E-state index contributed by atoms with van der Waals surface area (Å²) in [6, 6.07) is 16.3. The molecule has 6 rings (SSSR count). The van der Waals surface area contributed by atoms with E-state index in [0.29, 0.717) is 27.5 Å². The third-order valence-corrected chi connectivity index (χ3v) is 5.76. The molecule has 0 spiro atoms. The first-order valence-electron chi connectivity index (χ1n) is 9.77. The van der Waals surface area contributed by atoms with E-state index in [1.807, 2.05) is 6.07 Å². The van der Waals surface area contributed by atoms with Crippen molar-refractivity contribution in [1.82, 2.24) is 9.97 Å². The molecule has 0 fully saturated rings. The van der Waals surface area contributed by atoms with Crippen LogP contribution in [-0.2, 0) is 0 Å². The van der Waals surface area contributed by atoms with E-state index in [9.17, 15) is 19.7 Å². The molecular weight excluding hydrogens is 408 g/mol. The molecule has 0 radical (unpaired) electrons. The Labute approximate surface area is 179 Å². The zero-order valence-corrected chi connectivity index (χ0v) is 16.4. The Morgan fingerprint density at radius 1 is 0.781 bits per heavy atom. The summed E-state index contributed by atoms with van der Waals surface area (Å²) < 4.78 is 0. The maximum Gasteiger partial charge on any atom is 0.277 e. The highest BCUT2D eigenvalue weighted by molar-refractivity contribution is 6.38. The first-order valence-corrected chi connectivity index (χ1v) is 9.77. The second kappa shape index (κ2) is 6.39. The average molecular weight is 420 g/mol. The number of hydrogen-bond donors (Lipinski definition) is 0. The summed E-state index contributed by atoms with van der Waals surface area (Å²) >= 11 is 0. The fourth-order valence-electron chi connectivity index (χ4n) is 4.40. The van der Waals surface area contributed by atoms with Crippen molar-refractivity contribution in [3.05, 3.63) is 94.3 Å². The summed E-state index contributed by atoms with van der Waals surface area (Å²) in [6.07, 6.45) is 3.30. The van der Waals surface area contributed by atoms with Gasteiger partial charge in [0, 0.05) is 45.7 Å². The molecule has 8 heteroatoms. The van der Waals surface area contributed by atoms with Crippen LogP contribution in [0.3, 0.4) is 0 Å². The summed E-state index contributed by atoms with van der Waals surface area (Å²) in [5, 5.41) is 13.4. The van der Waals surface area contributed by atoms with Crippen LogP contribution in [0, 0.1) is 10.1 Å². The molecule has 152 valence electrons. The number of pyridine rings is 2. The molecule has 32 heavy (non-hydrogen) atoms. The molecule has 0 atom stereocenters. The van der Waals surface area contributed by atoms with E-state index in [-0.39, 0.29) is 22.2 Å². The van der Waals surface area contributed by atoms with Crippen LogP contribution in [0.25, 0.3) is 32.6 Å². The monoisotopic (exact) mass is 420 g/mol. The number of benzene rings is 3. The molecule has 1 aliphatic rings. The summed E-state index contributed by atoms with van der Waals surface area (Å²) in [5.41, 5.74) is 1.97. The number of hydrogen-bond acceptors (Lipinski definition) is 6. The fourth-order valence-corrected chi connectivity index (χ4v) is 4.40. The maximum absolute atomic E-state index is 13.6. The molecule has 3 aromatic carbocycles. The second-order valence-corrected chi connectivity index (χ2v) is 7.43. The van der Waals surface area contributed by atoms with E-state index in [0.717, 1.165) is 10.3 Å². The van der Waals surface area contributed by atoms with Gasteiger partial charge in [0.15, 0.2) is 0 Å². The Kier molecular flexibility index (Phi) is 3.61. The van der Waals surface area contributed by atoms with Crippen molar-refractivity contribution in [1.29, 1.82) is 0 Å². The van der Waals surface area contributed by atoms with Gasteiger partial charge in [-0.2, -0.15) is 0 Å². The molecule has 0 saturated carbocycles. The van der Waals surface area contributed by atoms with Gasteiger partial charge in [0.05, 0.1) is 27.0 Å². The lowest BCUT2D eigenvalue weighted by molar-refractivity contribution is -0.383. The van der Waals surface area contributed by atoms with Gasteiger partial charge in [-0.25, -0.2) is 4.90 Å². The lowest BCUT2D eigenvalue weighted by Gasteiger charge is -2.28. The van der Waals surface area contributed by atoms with Crippen LogP contribution in [0.2, 0.25) is 0 Å². The van der Waals surface area contributed by atoms with Crippen LogP contribution in [0.15, 0.2) is 73.1 Å². The minimum Gasteiger partial charge on any atom is -0.268 e. The van der Waals surface area contributed by atoms with Gasteiger partial charge in [-0.05, 0) is 42.5 Å². The van der Waals surface area contributed by atoms with Gasteiger partial charge < -0.3 is 0 Å². The highest BCUT2D eigenvalue weighted by atomic mass is 16.6. The molecule has 5 aromatic rings. The molecule has 2 aromatic heterocycles. The number of aromatic nitrogens is 2. The molecule has 3 heterocycles. The molecule has 1 aliphatic heterocycles. The fraction of sp³-hybridized carbons (Fsp3) is 0. The van der Waals surface area contributed by atoms with Crippen LogP contribution >= 0.6 is 0 Å². The standard InChI is InChI=1S/C24H12N4O4/c29-23-16-6-1-5-14-18(28(31)32)9-8-17(20(14)16)24(30)27(23)19-12-13-4-2-10-25-21(13)22-15(19)7-3-11-26-22/h1-12H. The van der Waals surface area contributed by atoms with Crippen molar-refractivity contribution in [3.63, 3.8) is 0 Å². The number of fused-ring (bicyclic) bond motifs is 3. The Morgan fingerprint density at radius 3 is 2.25 bits per heavy atom. The van der Waals surface area contributed by atoms with Gasteiger partial charge in [0.25, 0.3) is 17.5 Å². The normalized spacial score (nSPS) is 13.3. The van der Waals surface area contributed by atoms with E-state index in [2.05, 4.69) is 9.97 Å². The van der Waals surface area contributed by atoms with Crippen LogP contribution in [-0.4, -0.2) is 26.7 Å². The van der Waals surface area contributed by atoms with Crippen LogP contribution in [0.5, 0.6) is 0 Å². The van der Waals surface area contributed by atoms with E-state index in [1.54, 1.807) is 54.9 Å². The average Bonchev–Trinajstić information content (AvgIpc) is 2.82. The second-order valence-electron chi connectivity index (χ2n) is 7.43. The highest BCUT2D eigenvalue weighted by Crippen LogP contribution is 2.39. The summed E-state index contributed by atoms with van der Waals surface area (Å²) in [4.78, 5) is 48.1. The van der Waals surface area contributed by atoms with Crippen LogP contribution in [0.4, 0.5) is 11.4 Å². The number of amides is 2. The lowest BCUT2D eigenvalue weighted by Crippen LogP contribution is -2.40. The topological polar surface area (TPSA) is 106 Å². The molecular formula is C24H12N4O4. The largest absolute Gasteiger partial charge is 0.277 e. The Hall–Kier alpha value is -4.72. The van der Waals surface area contributed by atoms with Crippen molar-refractivity contribution in [3.8, 4) is 0 Å². The van der Waals surface area contributed by atoms with Gasteiger partial charge in [0.2, 0.25) is 0 Å². The van der Waals surface area contributed by atoms with Crippen molar-refractivity contribution < 1.29 is 14.5 Å². The SMILES string of the molecule is O=C1c2cccc3c([N+](=O)[O-])ccc(c23)C(=O)N1c1cc2cccnc2c2ncccc12. The Bertz CT molecular complexity index is 1640. The number of carbonyl (C=O) groups is 2. The van der Waals surface area contributed by atoms with E-state index in [4.69, 9.17) is 0 Å². The Morgan fingerprint density at radius 2 is 1.47 bits per heavy atom. The van der Waals surface area contributed by atoms with E-state index < -0.39 is 16.7 Å². The number of non-ortho nitro benzene ring substituents is 1. The van der Waals surface area contributed by atoms with Crippen molar-refractivity contribution in [2.75, 3.05) is 4.90 Å². The van der Waals surface area contributed by atoms with E-state index >= 15 is 0 Å². The van der Waals surface area contributed by atoms with Gasteiger partial charge in [0.1, 0.15) is 0 Å².